The van der Waals surface area contributed by atoms with Gasteiger partial charge in [0.25, 0.3) is 0 Å². The van der Waals surface area contributed by atoms with Gasteiger partial charge in [0, 0.05) is 31.8 Å². The lowest BCUT2D eigenvalue weighted by Gasteiger charge is -2.25. The van der Waals surface area contributed by atoms with E-state index in [1.165, 1.54) is 0 Å². The molecule has 0 atom stereocenters. The molecular weight excluding hydrogens is 230 g/mol. The number of rotatable bonds is 7. The van der Waals surface area contributed by atoms with E-state index in [0.29, 0.717) is 25.5 Å². The molecule has 0 radical (unpaired) electrons. The first kappa shape index (κ1) is 14.7. The molecule has 0 fully saturated rings. The molecule has 0 unspecified atom stereocenters. The topological polar surface area (TPSA) is 85.1 Å². The van der Waals surface area contributed by atoms with Crippen LogP contribution in [0.3, 0.4) is 0 Å². The molecule has 6 nitrogen and oxygen atoms in total. The van der Waals surface area contributed by atoms with Gasteiger partial charge in [-0.25, -0.2) is 9.97 Å². The molecule has 0 saturated heterocycles. The van der Waals surface area contributed by atoms with Gasteiger partial charge < -0.3 is 21.1 Å². The number of aryl methyl sites for hydroxylation is 1. The smallest absolute Gasteiger partial charge is 0.132 e. The first-order valence-corrected chi connectivity index (χ1v) is 6.03. The number of ether oxygens (including phenoxy) is 1. The average Bonchev–Trinajstić information content (AvgIpc) is 2.28. The van der Waals surface area contributed by atoms with Gasteiger partial charge in [0.15, 0.2) is 0 Å². The van der Waals surface area contributed by atoms with Gasteiger partial charge in [-0.1, -0.05) is 0 Å². The fourth-order valence-corrected chi connectivity index (χ4v) is 1.40. The number of nitrogens with one attached hydrogen (secondary N) is 2. The number of hydrogen-bond donors (Lipinski definition) is 3. The largest absolute Gasteiger partial charge is 0.383 e. The molecular formula is C12H23N5O. The van der Waals surface area contributed by atoms with Crippen molar-refractivity contribution in [2.45, 2.75) is 26.3 Å². The summed E-state index contributed by atoms with van der Waals surface area (Å²) >= 11 is 0. The molecule has 1 rings (SSSR count). The molecule has 1 heterocycles. The summed E-state index contributed by atoms with van der Waals surface area (Å²) in [6.07, 6.45) is 0. The van der Waals surface area contributed by atoms with Crippen LogP contribution in [0.5, 0.6) is 0 Å². The summed E-state index contributed by atoms with van der Waals surface area (Å²) in [7, 11) is 1.67. The molecule has 0 saturated carbocycles. The number of methoxy groups -OCH3 is 1. The second kappa shape index (κ2) is 6.51. The number of hydrogen-bond acceptors (Lipinski definition) is 6. The molecule has 0 aliphatic heterocycles. The Morgan fingerprint density at radius 3 is 2.61 bits per heavy atom. The standard InChI is InChI=1S/C12H23N5O/c1-9-15-10(14-5-6-18-4)7-11(16-9)17-12(2,3)8-13/h7H,5-6,8,13H2,1-4H3,(H2,14,15,16,17). The van der Waals surface area contributed by atoms with Gasteiger partial charge >= 0.3 is 0 Å². The summed E-state index contributed by atoms with van der Waals surface area (Å²) in [4.78, 5) is 8.66. The Morgan fingerprint density at radius 1 is 1.33 bits per heavy atom. The Bertz CT molecular complexity index is 381. The number of nitrogens with two attached hydrogens (primary N) is 1. The summed E-state index contributed by atoms with van der Waals surface area (Å²) in [5, 5.41) is 6.48. The first-order chi connectivity index (χ1) is 8.46. The van der Waals surface area contributed by atoms with Gasteiger partial charge in [0.05, 0.1) is 6.61 Å². The van der Waals surface area contributed by atoms with E-state index in [4.69, 9.17) is 10.5 Å². The number of nitrogens with zero attached hydrogens (tertiary/aromatic N) is 2. The van der Waals surface area contributed by atoms with E-state index in [2.05, 4.69) is 20.6 Å². The molecule has 0 aromatic carbocycles. The van der Waals surface area contributed by atoms with Crippen molar-refractivity contribution in [3.05, 3.63) is 11.9 Å². The van der Waals surface area contributed by atoms with E-state index in [-0.39, 0.29) is 5.54 Å². The highest BCUT2D eigenvalue weighted by Gasteiger charge is 2.16. The van der Waals surface area contributed by atoms with Gasteiger partial charge in [-0.3, -0.25) is 0 Å². The Kier molecular flexibility index (Phi) is 5.30. The summed E-state index contributed by atoms with van der Waals surface area (Å²) in [5.41, 5.74) is 5.50. The van der Waals surface area contributed by atoms with Crippen molar-refractivity contribution in [3.63, 3.8) is 0 Å². The van der Waals surface area contributed by atoms with E-state index in [9.17, 15) is 0 Å². The van der Waals surface area contributed by atoms with Crippen LogP contribution in [0.4, 0.5) is 11.6 Å². The highest BCUT2D eigenvalue weighted by Crippen LogP contribution is 2.15. The van der Waals surface area contributed by atoms with E-state index >= 15 is 0 Å². The third kappa shape index (κ3) is 4.85. The van der Waals surface area contributed by atoms with Crippen molar-refractivity contribution in [1.82, 2.24) is 9.97 Å². The molecule has 1 aromatic rings. The average molecular weight is 253 g/mol. The third-order valence-electron chi connectivity index (χ3n) is 2.43. The van der Waals surface area contributed by atoms with Crippen LogP contribution < -0.4 is 16.4 Å². The Balaban J connectivity index is 2.74. The van der Waals surface area contributed by atoms with Crippen molar-refractivity contribution in [2.24, 2.45) is 5.73 Å². The van der Waals surface area contributed by atoms with Crippen LogP contribution in [0, 0.1) is 6.92 Å². The SMILES string of the molecule is COCCNc1cc(NC(C)(C)CN)nc(C)n1. The lowest BCUT2D eigenvalue weighted by molar-refractivity contribution is 0.210. The van der Waals surface area contributed by atoms with Crippen molar-refractivity contribution >= 4 is 11.6 Å². The van der Waals surface area contributed by atoms with Crippen molar-refractivity contribution in [2.75, 3.05) is 37.4 Å². The van der Waals surface area contributed by atoms with Crippen LogP contribution in [0.2, 0.25) is 0 Å². The predicted molar refractivity (Wildman–Crippen MR) is 73.9 cm³/mol. The van der Waals surface area contributed by atoms with E-state index in [1.54, 1.807) is 7.11 Å². The quantitative estimate of drug-likeness (QED) is 0.628. The number of anilines is 2. The van der Waals surface area contributed by atoms with Crippen molar-refractivity contribution in [1.29, 1.82) is 0 Å². The summed E-state index contributed by atoms with van der Waals surface area (Å²) in [5.74, 6) is 2.28. The highest BCUT2D eigenvalue weighted by atomic mass is 16.5. The Hall–Kier alpha value is -1.40. The lowest BCUT2D eigenvalue weighted by Crippen LogP contribution is -2.39. The zero-order valence-electron chi connectivity index (χ0n) is 11.6. The van der Waals surface area contributed by atoms with Crippen LogP contribution >= 0.6 is 0 Å². The molecule has 0 aliphatic carbocycles. The van der Waals surface area contributed by atoms with Crippen LogP contribution in [-0.4, -0.2) is 42.3 Å². The van der Waals surface area contributed by atoms with Crippen LogP contribution in [0.15, 0.2) is 6.07 Å². The molecule has 18 heavy (non-hydrogen) atoms. The minimum absolute atomic E-state index is 0.190. The maximum absolute atomic E-state index is 5.69. The molecule has 0 spiro atoms. The van der Waals surface area contributed by atoms with E-state index in [1.807, 2.05) is 26.8 Å². The van der Waals surface area contributed by atoms with E-state index in [0.717, 1.165) is 11.6 Å². The van der Waals surface area contributed by atoms with Crippen LogP contribution in [0.1, 0.15) is 19.7 Å². The fourth-order valence-electron chi connectivity index (χ4n) is 1.40. The minimum Gasteiger partial charge on any atom is -0.383 e. The maximum Gasteiger partial charge on any atom is 0.132 e. The summed E-state index contributed by atoms with van der Waals surface area (Å²) in [6, 6.07) is 1.88. The summed E-state index contributed by atoms with van der Waals surface area (Å²) < 4.78 is 4.98. The Morgan fingerprint density at radius 2 is 2.00 bits per heavy atom. The molecule has 0 amide bonds. The van der Waals surface area contributed by atoms with Gasteiger partial charge in [0.2, 0.25) is 0 Å². The molecule has 102 valence electrons. The zero-order chi connectivity index (χ0) is 13.6. The zero-order valence-corrected chi connectivity index (χ0v) is 11.6. The molecule has 6 heteroatoms. The van der Waals surface area contributed by atoms with Gasteiger partial charge in [-0.2, -0.15) is 0 Å². The van der Waals surface area contributed by atoms with Crippen molar-refractivity contribution < 1.29 is 4.74 Å². The second-order valence-electron chi connectivity index (χ2n) is 4.82. The molecule has 0 bridgehead atoms. The van der Waals surface area contributed by atoms with E-state index < -0.39 is 0 Å². The lowest BCUT2D eigenvalue weighted by atomic mass is 10.1. The third-order valence-corrected chi connectivity index (χ3v) is 2.43. The van der Waals surface area contributed by atoms with Gasteiger partial charge in [-0.05, 0) is 20.8 Å². The molecule has 4 N–H and O–H groups in total. The van der Waals surface area contributed by atoms with Gasteiger partial charge in [-0.15, -0.1) is 0 Å². The van der Waals surface area contributed by atoms with Crippen molar-refractivity contribution in [3.8, 4) is 0 Å². The predicted octanol–water partition coefficient (Wildman–Crippen LogP) is 0.993. The molecule has 0 aliphatic rings. The summed E-state index contributed by atoms with van der Waals surface area (Å²) in [6.45, 7) is 7.81. The highest BCUT2D eigenvalue weighted by molar-refractivity contribution is 5.48. The first-order valence-electron chi connectivity index (χ1n) is 6.03. The second-order valence-corrected chi connectivity index (χ2v) is 4.82. The van der Waals surface area contributed by atoms with Gasteiger partial charge in [0.1, 0.15) is 17.5 Å². The number of aromatic nitrogens is 2. The fraction of sp³-hybridized carbons (Fsp3) is 0.667. The minimum atomic E-state index is -0.190. The van der Waals surface area contributed by atoms with Crippen LogP contribution in [-0.2, 0) is 4.74 Å². The molecule has 1 aromatic heterocycles. The Labute approximate surface area is 108 Å². The normalized spacial score (nSPS) is 11.4. The maximum atomic E-state index is 5.69. The van der Waals surface area contributed by atoms with Crippen LogP contribution in [0.25, 0.3) is 0 Å². The monoisotopic (exact) mass is 253 g/mol.